The number of amides is 2. The molecule has 0 atom stereocenters. The molecule has 0 aliphatic carbocycles. The van der Waals surface area contributed by atoms with Crippen LogP contribution in [0.25, 0.3) is 0 Å². The third-order valence-electron chi connectivity index (χ3n) is 2.36. The zero-order valence-corrected chi connectivity index (χ0v) is 9.61. The second-order valence-corrected chi connectivity index (χ2v) is 3.80. The molecule has 0 fully saturated rings. The number of hydrogen-bond acceptors (Lipinski definition) is 4. The van der Waals surface area contributed by atoms with E-state index in [0.717, 1.165) is 4.90 Å². The average molecular weight is 231 g/mol. The Balaban J connectivity index is 4.40. The lowest BCUT2D eigenvalue weighted by Crippen LogP contribution is -2.53. The standard InChI is InChI=1S/C9H17N3O4/c1-9(2,8(15)16)12(3)7(14)5-11-6(13)4-10/h4-5,10H2,1-3H3,(H,11,13)(H,15,16). The number of carboxylic acids is 1. The predicted octanol–water partition coefficient (Wildman–Crippen LogP) is -1.62. The summed E-state index contributed by atoms with van der Waals surface area (Å²) in [6.45, 7) is 2.33. The molecule has 0 saturated heterocycles. The average Bonchev–Trinajstić information content (AvgIpc) is 2.23. The number of nitrogens with zero attached hydrogens (tertiary/aromatic N) is 1. The molecule has 0 bridgehead atoms. The molecule has 0 aromatic carbocycles. The van der Waals surface area contributed by atoms with Crippen LogP contribution in [-0.4, -0.2) is 53.5 Å². The molecule has 0 heterocycles. The van der Waals surface area contributed by atoms with E-state index in [9.17, 15) is 14.4 Å². The highest BCUT2D eigenvalue weighted by Gasteiger charge is 2.34. The molecule has 0 aliphatic heterocycles. The number of rotatable bonds is 5. The molecule has 7 heteroatoms. The molecule has 0 saturated carbocycles. The minimum Gasteiger partial charge on any atom is -0.480 e. The van der Waals surface area contributed by atoms with Crippen LogP contribution in [0.5, 0.6) is 0 Å². The van der Waals surface area contributed by atoms with Crippen molar-refractivity contribution in [3.8, 4) is 0 Å². The van der Waals surface area contributed by atoms with Gasteiger partial charge in [0.25, 0.3) is 0 Å². The maximum atomic E-state index is 11.5. The first-order valence-electron chi connectivity index (χ1n) is 4.70. The van der Waals surface area contributed by atoms with Crippen molar-refractivity contribution in [2.24, 2.45) is 5.73 Å². The van der Waals surface area contributed by atoms with Crippen LogP contribution >= 0.6 is 0 Å². The third-order valence-corrected chi connectivity index (χ3v) is 2.36. The zero-order chi connectivity index (χ0) is 12.9. The normalized spacial score (nSPS) is 10.8. The smallest absolute Gasteiger partial charge is 0.329 e. The number of carbonyl (C=O) groups is 3. The number of carboxylic acid groups (broad SMARTS) is 1. The van der Waals surface area contributed by atoms with Crippen molar-refractivity contribution in [3.63, 3.8) is 0 Å². The minimum absolute atomic E-state index is 0.209. The Labute approximate surface area is 93.6 Å². The van der Waals surface area contributed by atoms with Crippen molar-refractivity contribution >= 4 is 17.8 Å². The zero-order valence-electron chi connectivity index (χ0n) is 9.61. The molecule has 0 spiro atoms. The van der Waals surface area contributed by atoms with Gasteiger partial charge in [-0.3, -0.25) is 9.59 Å². The third kappa shape index (κ3) is 3.50. The molecule has 4 N–H and O–H groups in total. The fourth-order valence-electron chi connectivity index (χ4n) is 0.820. The summed E-state index contributed by atoms with van der Waals surface area (Å²) in [6, 6.07) is 0. The SMILES string of the molecule is CN(C(=O)CNC(=O)CN)C(C)(C)C(=O)O. The van der Waals surface area contributed by atoms with Gasteiger partial charge in [-0.25, -0.2) is 4.79 Å². The monoisotopic (exact) mass is 231 g/mol. The second kappa shape index (κ2) is 5.45. The molecule has 2 amide bonds. The van der Waals surface area contributed by atoms with Gasteiger partial charge in [0, 0.05) is 7.05 Å². The summed E-state index contributed by atoms with van der Waals surface area (Å²) in [5.41, 5.74) is 3.72. The van der Waals surface area contributed by atoms with Crippen molar-refractivity contribution in [2.45, 2.75) is 19.4 Å². The second-order valence-electron chi connectivity index (χ2n) is 3.80. The van der Waals surface area contributed by atoms with E-state index in [2.05, 4.69) is 5.32 Å². The molecule has 16 heavy (non-hydrogen) atoms. The van der Waals surface area contributed by atoms with Crippen LogP contribution in [0.3, 0.4) is 0 Å². The number of nitrogens with one attached hydrogen (secondary N) is 1. The fraction of sp³-hybridized carbons (Fsp3) is 0.667. The molecule has 0 aromatic rings. The Hall–Kier alpha value is -1.63. The summed E-state index contributed by atoms with van der Waals surface area (Å²) in [4.78, 5) is 34.2. The van der Waals surface area contributed by atoms with Crippen LogP contribution in [-0.2, 0) is 14.4 Å². The summed E-state index contributed by atoms with van der Waals surface area (Å²) >= 11 is 0. The van der Waals surface area contributed by atoms with Gasteiger partial charge in [-0.15, -0.1) is 0 Å². The number of carbonyl (C=O) groups excluding carboxylic acids is 2. The van der Waals surface area contributed by atoms with Gasteiger partial charge in [-0.05, 0) is 13.8 Å². The minimum atomic E-state index is -1.31. The summed E-state index contributed by atoms with van der Waals surface area (Å²) < 4.78 is 0. The van der Waals surface area contributed by atoms with Crippen molar-refractivity contribution in [2.75, 3.05) is 20.1 Å². The van der Waals surface area contributed by atoms with Gasteiger partial charge in [0.1, 0.15) is 5.54 Å². The Kier molecular flexibility index (Phi) is 4.90. The van der Waals surface area contributed by atoms with E-state index in [1.54, 1.807) is 0 Å². The number of likely N-dealkylation sites (N-methyl/N-ethyl adjacent to an activating group) is 1. The van der Waals surface area contributed by atoms with Crippen LogP contribution in [0.4, 0.5) is 0 Å². The number of hydrogen-bond donors (Lipinski definition) is 3. The first-order valence-corrected chi connectivity index (χ1v) is 4.70. The van der Waals surface area contributed by atoms with Crippen molar-refractivity contribution in [1.82, 2.24) is 10.2 Å². The molecule has 0 rings (SSSR count). The molecule has 0 radical (unpaired) electrons. The molecular weight excluding hydrogens is 214 g/mol. The largest absolute Gasteiger partial charge is 0.480 e. The van der Waals surface area contributed by atoms with Crippen LogP contribution in [0.1, 0.15) is 13.8 Å². The summed E-state index contributed by atoms with van der Waals surface area (Å²) in [6.07, 6.45) is 0. The van der Waals surface area contributed by atoms with E-state index in [4.69, 9.17) is 10.8 Å². The summed E-state index contributed by atoms with van der Waals surface area (Å²) in [7, 11) is 1.37. The topological polar surface area (TPSA) is 113 Å². The maximum absolute atomic E-state index is 11.5. The highest BCUT2D eigenvalue weighted by molar-refractivity contribution is 5.89. The highest BCUT2D eigenvalue weighted by Crippen LogP contribution is 2.11. The molecule has 0 aliphatic rings. The van der Waals surface area contributed by atoms with Gasteiger partial charge in [-0.1, -0.05) is 0 Å². The summed E-state index contributed by atoms with van der Waals surface area (Å²) in [5, 5.41) is 11.2. The van der Waals surface area contributed by atoms with Gasteiger partial charge in [0.15, 0.2) is 0 Å². The lowest BCUT2D eigenvalue weighted by molar-refractivity contribution is -0.155. The van der Waals surface area contributed by atoms with Crippen molar-refractivity contribution in [3.05, 3.63) is 0 Å². The quantitative estimate of drug-likeness (QED) is 0.526. The fourth-order valence-corrected chi connectivity index (χ4v) is 0.820. The van der Waals surface area contributed by atoms with E-state index >= 15 is 0 Å². The van der Waals surface area contributed by atoms with Gasteiger partial charge < -0.3 is 21.1 Å². The van der Waals surface area contributed by atoms with Gasteiger partial charge in [-0.2, -0.15) is 0 Å². The maximum Gasteiger partial charge on any atom is 0.329 e. The van der Waals surface area contributed by atoms with E-state index in [-0.39, 0.29) is 13.1 Å². The van der Waals surface area contributed by atoms with E-state index in [1.807, 2.05) is 0 Å². The number of aliphatic carboxylic acids is 1. The van der Waals surface area contributed by atoms with Crippen molar-refractivity contribution < 1.29 is 19.5 Å². The summed E-state index contributed by atoms with van der Waals surface area (Å²) in [5.74, 6) is -2.07. The highest BCUT2D eigenvalue weighted by atomic mass is 16.4. The predicted molar refractivity (Wildman–Crippen MR) is 56.5 cm³/mol. The van der Waals surface area contributed by atoms with Crippen LogP contribution in [0.2, 0.25) is 0 Å². The molecule has 0 unspecified atom stereocenters. The van der Waals surface area contributed by atoms with E-state index < -0.39 is 23.3 Å². The van der Waals surface area contributed by atoms with Gasteiger partial charge in [0.2, 0.25) is 11.8 Å². The number of nitrogens with two attached hydrogens (primary N) is 1. The lowest BCUT2D eigenvalue weighted by Gasteiger charge is -2.31. The van der Waals surface area contributed by atoms with E-state index in [1.165, 1.54) is 20.9 Å². The van der Waals surface area contributed by atoms with Gasteiger partial charge in [0.05, 0.1) is 13.1 Å². The Bertz CT molecular complexity index is 301. The van der Waals surface area contributed by atoms with Crippen LogP contribution < -0.4 is 11.1 Å². The van der Waals surface area contributed by atoms with Crippen LogP contribution in [0.15, 0.2) is 0 Å². The molecule has 92 valence electrons. The Morgan fingerprint density at radius 2 is 1.88 bits per heavy atom. The molecule has 0 aromatic heterocycles. The lowest BCUT2D eigenvalue weighted by atomic mass is 10.0. The Morgan fingerprint density at radius 1 is 1.38 bits per heavy atom. The first-order chi connectivity index (χ1) is 7.23. The Morgan fingerprint density at radius 3 is 2.25 bits per heavy atom. The van der Waals surface area contributed by atoms with E-state index in [0.29, 0.717) is 0 Å². The first kappa shape index (κ1) is 14.4. The van der Waals surface area contributed by atoms with Gasteiger partial charge >= 0.3 is 5.97 Å². The van der Waals surface area contributed by atoms with Crippen molar-refractivity contribution in [1.29, 1.82) is 0 Å². The molecular formula is C9H17N3O4. The molecule has 7 nitrogen and oxygen atoms in total. The van der Waals surface area contributed by atoms with Crippen LogP contribution in [0, 0.1) is 0 Å².